The monoisotopic (exact) mass is 276 g/mol. The van der Waals surface area contributed by atoms with Gasteiger partial charge in [-0.25, -0.2) is 4.79 Å². The van der Waals surface area contributed by atoms with E-state index < -0.39 is 11.6 Å². The highest BCUT2D eigenvalue weighted by atomic mass is 16.6. The van der Waals surface area contributed by atoms with Gasteiger partial charge in [-0.1, -0.05) is 18.2 Å². The number of para-hydroxylation sites is 1. The SMILES string of the molecule is CN1CCC(NC(=O)Oc2ccccc2)(C(=N)N)CC1. The Morgan fingerprint density at radius 2 is 1.95 bits per heavy atom. The molecule has 0 unspecified atom stereocenters. The first kappa shape index (κ1) is 14.3. The number of piperidine rings is 1. The second-order valence-corrected chi connectivity index (χ2v) is 5.13. The predicted octanol–water partition coefficient (Wildman–Crippen LogP) is 1.18. The van der Waals surface area contributed by atoms with E-state index in [-0.39, 0.29) is 5.84 Å². The molecule has 6 heteroatoms. The third-order valence-electron chi connectivity index (χ3n) is 3.65. The summed E-state index contributed by atoms with van der Waals surface area (Å²) in [5, 5.41) is 10.5. The van der Waals surface area contributed by atoms with Crippen LogP contribution in [0.3, 0.4) is 0 Å². The maximum absolute atomic E-state index is 12.0. The van der Waals surface area contributed by atoms with E-state index in [1.807, 2.05) is 13.1 Å². The summed E-state index contributed by atoms with van der Waals surface area (Å²) in [5.41, 5.74) is 4.89. The highest BCUT2D eigenvalue weighted by molar-refractivity contribution is 5.91. The average Bonchev–Trinajstić information content (AvgIpc) is 2.42. The van der Waals surface area contributed by atoms with Crippen LogP contribution in [0, 0.1) is 5.41 Å². The Morgan fingerprint density at radius 1 is 1.35 bits per heavy atom. The van der Waals surface area contributed by atoms with E-state index in [1.54, 1.807) is 24.3 Å². The van der Waals surface area contributed by atoms with Crippen LogP contribution in [-0.4, -0.2) is 42.5 Å². The fourth-order valence-electron chi connectivity index (χ4n) is 2.28. The zero-order valence-electron chi connectivity index (χ0n) is 11.6. The molecule has 1 aliphatic rings. The van der Waals surface area contributed by atoms with Gasteiger partial charge in [0.2, 0.25) is 0 Å². The Morgan fingerprint density at radius 3 is 2.50 bits per heavy atom. The molecule has 4 N–H and O–H groups in total. The van der Waals surface area contributed by atoms with E-state index in [1.165, 1.54) is 0 Å². The highest BCUT2D eigenvalue weighted by Crippen LogP contribution is 2.22. The van der Waals surface area contributed by atoms with Gasteiger partial charge in [-0.3, -0.25) is 5.41 Å². The largest absolute Gasteiger partial charge is 0.413 e. The Kier molecular flexibility index (Phi) is 4.24. The van der Waals surface area contributed by atoms with Crippen LogP contribution in [0.25, 0.3) is 0 Å². The van der Waals surface area contributed by atoms with Crippen LogP contribution in [0.2, 0.25) is 0 Å². The number of ether oxygens (including phenoxy) is 1. The number of amidine groups is 1. The lowest BCUT2D eigenvalue weighted by molar-refractivity contribution is 0.167. The summed E-state index contributed by atoms with van der Waals surface area (Å²) in [6, 6.07) is 8.83. The van der Waals surface area contributed by atoms with Crippen LogP contribution in [-0.2, 0) is 0 Å². The molecule has 0 atom stereocenters. The number of nitrogens with two attached hydrogens (primary N) is 1. The van der Waals surface area contributed by atoms with E-state index in [0.717, 1.165) is 13.1 Å². The molecular weight excluding hydrogens is 256 g/mol. The van der Waals surface area contributed by atoms with E-state index in [9.17, 15) is 4.79 Å². The van der Waals surface area contributed by atoms with Crippen molar-refractivity contribution in [3.63, 3.8) is 0 Å². The number of amides is 1. The molecule has 2 rings (SSSR count). The number of carbonyl (C=O) groups excluding carboxylic acids is 1. The van der Waals surface area contributed by atoms with Crippen LogP contribution in [0.15, 0.2) is 30.3 Å². The number of rotatable bonds is 3. The molecule has 0 aromatic heterocycles. The molecule has 1 aromatic carbocycles. The van der Waals surface area contributed by atoms with Gasteiger partial charge in [-0.15, -0.1) is 0 Å². The van der Waals surface area contributed by atoms with Crippen molar-refractivity contribution in [1.82, 2.24) is 10.2 Å². The van der Waals surface area contributed by atoms with Crippen molar-refractivity contribution in [2.24, 2.45) is 5.73 Å². The van der Waals surface area contributed by atoms with Gasteiger partial charge >= 0.3 is 6.09 Å². The third-order valence-corrected chi connectivity index (χ3v) is 3.65. The third kappa shape index (κ3) is 3.27. The average molecular weight is 276 g/mol. The lowest BCUT2D eigenvalue weighted by Gasteiger charge is -2.39. The summed E-state index contributed by atoms with van der Waals surface area (Å²) < 4.78 is 5.20. The van der Waals surface area contributed by atoms with Crippen LogP contribution in [0.5, 0.6) is 5.75 Å². The molecule has 0 bridgehead atoms. The molecule has 1 aliphatic heterocycles. The molecule has 1 aromatic rings. The normalized spacial score (nSPS) is 18.2. The molecule has 1 amide bonds. The van der Waals surface area contributed by atoms with Crippen LogP contribution >= 0.6 is 0 Å². The lowest BCUT2D eigenvalue weighted by atomic mass is 9.86. The minimum atomic E-state index is -0.793. The lowest BCUT2D eigenvalue weighted by Crippen LogP contribution is -2.62. The van der Waals surface area contributed by atoms with Crippen molar-refractivity contribution in [2.75, 3.05) is 20.1 Å². The first-order valence-electron chi connectivity index (χ1n) is 6.60. The van der Waals surface area contributed by atoms with Gasteiger partial charge in [0.15, 0.2) is 0 Å². The Bertz CT molecular complexity index is 481. The number of benzene rings is 1. The quantitative estimate of drug-likeness (QED) is 0.571. The molecule has 108 valence electrons. The number of likely N-dealkylation sites (tertiary alicyclic amines) is 1. The number of carbonyl (C=O) groups is 1. The van der Waals surface area contributed by atoms with Crippen molar-refractivity contribution < 1.29 is 9.53 Å². The number of hydrogen-bond acceptors (Lipinski definition) is 4. The summed E-state index contributed by atoms with van der Waals surface area (Å²) >= 11 is 0. The molecule has 1 heterocycles. The van der Waals surface area contributed by atoms with Gasteiger partial charge in [0.05, 0.1) is 0 Å². The summed E-state index contributed by atoms with van der Waals surface area (Å²) in [6.07, 6.45) is 0.654. The smallest absolute Gasteiger partial charge is 0.410 e. The van der Waals surface area contributed by atoms with Gasteiger partial charge in [0.1, 0.15) is 17.1 Å². The number of nitrogens with zero attached hydrogens (tertiary/aromatic N) is 1. The minimum absolute atomic E-state index is 0.0180. The minimum Gasteiger partial charge on any atom is -0.410 e. The molecule has 0 radical (unpaired) electrons. The first-order chi connectivity index (χ1) is 9.52. The molecule has 0 aliphatic carbocycles. The summed E-state index contributed by atoms with van der Waals surface area (Å²) in [4.78, 5) is 14.1. The van der Waals surface area contributed by atoms with Crippen LogP contribution in [0.4, 0.5) is 4.79 Å². The second kappa shape index (κ2) is 5.92. The summed E-state index contributed by atoms with van der Waals surface area (Å²) in [5.74, 6) is 0.451. The standard InChI is InChI=1S/C14H20N4O2/c1-18-9-7-14(8-10-18,12(15)16)17-13(19)20-11-5-3-2-4-6-11/h2-6H,7-10H2,1H3,(H3,15,16)(H,17,19). The fraction of sp³-hybridized carbons (Fsp3) is 0.429. The van der Waals surface area contributed by atoms with E-state index >= 15 is 0 Å². The number of nitrogens with one attached hydrogen (secondary N) is 2. The fourth-order valence-corrected chi connectivity index (χ4v) is 2.28. The zero-order chi connectivity index (χ0) is 14.6. The molecule has 0 saturated carbocycles. The topological polar surface area (TPSA) is 91.4 Å². The summed E-state index contributed by atoms with van der Waals surface area (Å²) in [6.45, 7) is 1.57. The van der Waals surface area contributed by atoms with Crippen molar-refractivity contribution in [1.29, 1.82) is 5.41 Å². The molecular formula is C14H20N4O2. The molecule has 1 saturated heterocycles. The summed E-state index contributed by atoms with van der Waals surface area (Å²) in [7, 11) is 2.01. The Labute approximate surface area is 118 Å². The molecule has 1 fully saturated rings. The van der Waals surface area contributed by atoms with E-state index in [2.05, 4.69) is 10.2 Å². The predicted molar refractivity (Wildman–Crippen MR) is 77.0 cm³/mol. The maximum atomic E-state index is 12.0. The van der Waals surface area contributed by atoms with Crippen molar-refractivity contribution in [3.05, 3.63) is 30.3 Å². The van der Waals surface area contributed by atoms with Crippen molar-refractivity contribution >= 4 is 11.9 Å². The van der Waals surface area contributed by atoms with Gasteiger partial charge < -0.3 is 20.7 Å². The van der Waals surface area contributed by atoms with Gasteiger partial charge in [-0.2, -0.15) is 0 Å². The zero-order valence-corrected chi connectivity index (χ0v) is 11.6. The van der Waals surface area contributed by atoms with E-state index in [0.29, 0.717) is 18.6 Å². The van der Waals surface area contributed by atoms with Gasteiger partial charge in [0.25, 0.3) is 0 Å². The van der Waals surface area contributed by atoms with Gasteiger partial charge in [0, 0.05) is 13.1 Å². The maximum Gasteiger partial charge on any atom is 0.413 e. The highest BCUT2D eigenvalue weighted by Gasteiger charge is 2.38. The Balaban J connectivity index is 2.02. The van der Waals surface area contributed by atoms with Gasteiger partial charge in [-0.05, 0) is 32.0 Å². The molecule has 0 spiro atoms. The molecule has 20 heavy (non-hydrogen) atoms. The molecule has 6 nitrogen and oxygen atoms in total. The van der Waals surface area contributed by atoms with Crippen molar-refractivity contribution in [2.45, 2.75) is 18.4 Å². The van der Waals surface area contributed by atoms with Crippen molar-refractivity contribution in [3.8, 4) is 5.75 Å². The Hall–Kier alpha value is -2.08. The van der Waals surface area contributed by atoms with Crippen LogP contribution in [0.1, 0.15) is 12.8 Å². The van der Waals surface area contributed by atoms with Crippen LogP contribution < -0.4 is 15.8 Å². The second-order valence-electron chi connectivity index (χ2n) is 5.13. The van der Waals surface area contributed by atoms with E-state index in [4.69, 9.17) is 15.9 Å². The number of hydrogen-bond donors (Lipinski definition) is 3. The first-order valence-corrected chi connectivity index (χ1v) is 6.60.